The first-order valence-electron chi connectivity index (χ1n) is 5.52. The Morgan fingerprint density at radius 1 is 1.17 bits per heavy atom. The number of nitrogens with two attached hydrogens (primary N) is 1. The molecule has 0 fully saturated rings. The third-order valence-corrected chi connectivity index (χ3v) is 2.87. The minimum Gasteiger partial charge on any atom is -0.398 e. The van der Waals surface area contributed by atoms with Crippen LogP contribution in [0.25, 0.3) is 17.0 Å². The highest BCUT2D eigenvalue weighted by molar-refractivity contribution is 5.64. The molecule has 0 aliphatic rings. The van der Waals surface area contributed by atoms with E-state index in [1.165, 1.54) is 12.1 Å². The highest BCUT2D eigenvalue weighted by atomic mass is 19.1. The Hall–Kier alpha value is -2.43. The largest absolute Gasteiger partial charge is 0.398 e. The number of hydrogen-bond donors (Lipinski definition) is 1. The maximum Gasteiger partial charge on any atom is 0.168 e. The highest BCUT2D eigenvalue weighted by Crippen LogP contribution is 2.23. The van der Waals surface area contributed by atoms with Crippen LogP contribution in [0.5, 0.6) is 0 Å². The molecule has 0 bridgehead atoms. The van der Waals surface area contributed by atoms with Gasteiger partial charge in [-0.05, 0) is 36.8 Å². The molecule has 0 aliphatic heterocycles. The van der Waals surface area contributed by atoms with Crippen molar-refractivity contribution in [3.05, 3.63) is 47.9 Å². The van der Waals surface area contributed by atoms with Crippen LogP contribution < -0.4 is 5.73 Å². The SMILES string of the molecule is Cc1ccc(F)cc1-c1nnc2ccc(N)cn12. The summed E-state index contributed by atoms with van der Waals surface area (Å²) in [6.07, 6.45) is 1.73. The Labute approximate surface area is 103 Å². The number of pyridine rings is 1. The van der Waals surface area contributed by atoms with E-state index in [1.54, 1.807) is 28.8 Å². The molecule has 2 aromatic heterocycles. The molecule has 0 spiro atoms. The number of aromatic nitrogens is 3. The number of benzene rings is 1. The van der Waals surface area contributed by atoms with Crippen molar-refractivity contribution in [1.29, 1.82) is 0 Å². The Balaban J connectivity index is 2.31. The van der Waals surface area contributed by atoms with E-state index in [0.29, 0.717) is 22.7 Å². The minimum absolute atomic E-state index is 0.295. The van der Waals surface area contributed by atoms with Crippen molar-refractivity contribution in [2.45, 2.75) is 6.92 Å². The third kappa shape index (κ3) is 1.60. The number of halogens is 1. The topological polar surface area (TPSA) is 56.2 Å². The standard InChI is InChI=1S/C13H11FN4/c1-8-2-3-9(14)6-11(8)13-17-16-12-5-4-10(15)7-18(12)13/h2-7H,15H2,1H3. The van der Waals surface area contributed by atoms with Crippen LogP contribution in [0.15, 0.2) is 36.5 Å². The number of nitrogens with zero attached hydrogens (tertiary/aromatic N) is 3. The lowest BCUT2D eigenvalue weighted by atomic mass is 10.1. The highest BCUT2D eigenvalue weighted by Gasteiger charge is 2.11. The van der Waals surface area contributed by atoms with Crippen LogP contribution >= 0.6 is 0 Å². The van der Waals surface area contributed by atoms with Crippen LogP contribution in [0.2, 0.25) is 0 Å². The van der Waals surface area contributed by atoms with Crippen molar-refractivity contribution >= 4 is 11.3 Å². The molecule has 3 rings (SSSR count). The van der Waals surface area contributed by atoms with Crippen molar-refractivity contribution in [1.82, 2.24) is 14.6 Å². The molecule has 0 amide bonds. The Kier molecular flexibility index (Phi) is 2.26. The first-order chi connectivity index (χ1) is 8.65. The second kappa shape index (κ2) is 3.80. The van der Waals surface area contributed by atoms with E-state index in [9.17, 15) is 4.39 Å². The molecular formula is C13H11FN4. The van der Waals surface area contributed by atoms with Crippen LogP contribution in [-0.4, -0.2) is 14.6 Å². The Bertz CT molecular complexity index is 733. The quantitative estimate of drug-likeness (QED) is 0.713. The molecule has 4 nitrogen and oxygen atoms in total. The predicted octanol–water partition coefficient (Wildman–Crippen LogP) is 2.43. The average Bonchev–Trinajstić information content (AvgIpc) is 2.75. The number of fused-ring (bicyclic) bond motifs is 1. The van der Waals surface area contributed by atoms with Gasteiger partial charge in [-0.1, -0.05) is 6.07 Å². The lowest BCUT2D eigenvalue weighted by Gasteiger charge is -2.04. The molecule has 0 aliphatic carbocycles. The number of anilines is 1. The van der Waals surface area contributed by atoms with Crippen molar-refractivity contribution in [3.8, 4) is 11.4 Å². The molecule has 5 heteroatoms. The molecule has 2 N–H and O–H groups in total. The van der Waals surface area contributed by atoms with E-state index in [1.807, 2.05) is 6.92 Å². The number of nitrogen functional groups attached to an aromatic ring is 1. The first-order valence-corrected chi connectivity index (χ1v) is 5.52. The van der Waals surface area contributed by atoms with Gasteiger partial charge in [0, 0.05) is 17.4 Å². The van der Waals surface area contributed by atoms with Crippen LogP contribution in [0.4, 0.5) is 10.1 Å². The van der Waals surface area contributed by atoms with Gasteiger partial charge in [-0.3, -0.25) is 4.40 Å². The molecule has 0 saturated heterocycles. The molecule has 1 aromatic carbocycles. The van der Waals surface area contributed by atoms with Gasteiger partial charge in [0.25, 0.3) is 0 Å². The van der Waals surface area contributed by atoms with E-state index in [2.05, 4.69) is 10.2 Å². The van der Waals surface area contributed by atoms with Gasteiger partial charge in [0.15, 0.2) is 11.5 Å². The zero-order chi connectivity index (χ0) is 12.7. The fourth-order valence-electron chi connectivity index (χ4n) is 1.93. The van der Waals surface area contributed by atoms with Crippen LogP contribution in [0.1, 0.15) is 5.56 Å². The lowest BCUT2D eigenvalue weighted by molar-refractivity contribution is 0.627. The summed E-state index contributed by atoms with van der Waals surface area (Å²) in [7, 11) is 0. The van der Waals surface area contributed by atoms with Crippen molar-refractivity contribution in [2.75, 3.05) is 5.73 Å². The Morgan fingerprint density at radius 2 is 2.00 bits per heavy atom. The fraction of sp³-hybridized carbons (Fsp3) is 0.0769. The monoisotopic (exact) mass is 242 g/mol. The van der Waals surface area contributed by atoms with Crippen molar-refractivity contribution in [3.63, 3.8) is 0 Å². The molecule has 0 atom stereocenters. The molecule has 0 unspecified atom stereocenters. The lowest BCUT2D eigenvalue weighted by Crippen LogP contribution is -1.95. The summed E-state index contributed by atoms with van der Waals surface area (Å²) < 4.78 is 15.1. The third-order valence-electron chi connectivity index (χ3n) is 2.87. The maximum absolute atomic E-state index is 13.3. The summed E-state index contributed by atoms with van der Waals surface area (Å²) in [5, 5.41) is 8.14. The molecule has 90 valence electrons. The van der Waals surface area contributed by atoms with E-state index >= 15 is 0 Å². The summed E-state index contributed by atoms with van der Waals surface area (Å²) >= 11 is 0. The van der Waals surface area contributed by atoms with Crippen molar-refractivity contribution < 1.29 is 4.39 Å². The minimum atomic E-state index is -0.295. The van der Waals surface area contributed by atoms with Gasteiger partial charge in [-0.2, -0.15) is 0 Å². The molecule has 18 heavy (non-hydrogen) atoms. The smallest absolute Gasteiger partial charge is 0.168 e. The van der Waals surface area contributed by atoms with Gasteiger partial charge >= 0.3 is 0 Å². The summed E-state index contributed by atoms with van der Waals surface area (Å²) in [6, 6.07) is 8.14. The van der Waals surface area contributed by atoms with Crippen LogP contribution in [0, 0.1) is 12.7 Å². The van der Waals surface area contributed by atoms with Gasteiger partial charge in [-0.15, -0.1) is 10.2 Å². The molecule has 2 heterocycles. The zero-order valence-electron chi connectivity index (χ0n) is 9.76. The van der Waals surface area contributed by atoms with E-state index < -0.39 is 0 Å². The predicted molar refractivity (Wildman–Crippen MR) is 67.5 cm³/mol. The fourth-order valence-corrected chi connectivity index (χ4v) is 1.93. The van der Waals surface area contributed by atoms with Gasteiger partial charge in [0.05, 0.1) is 0 Å². The zero-order valence-corrected chi connectivity index (χ0v) is 9.76. The van der Waals surface area contributed by atoms with Crippen molar-refractivity contribution in [2.24, 2.45) is 0 Å². The molecule has 0 radical (unpaired) electrons. The van der Waals surface area contributed by atoms with Crippen LogP contribution in [-0.2, 0) is 0 Å². The Morgan fingerprint density at radius 3 is 2.83 bits per heavy atom. The van der Waals surface area contributed by atoms with E-state index in [0.717, 1.165) is 5.56 Å². The second-order valence-electron chi connectivity index (χ2n) is 4.17. The number of rotatable bonds is 1. The normalized spacial score (nSPS) is 11.0. The summed E-state index contributed by atoms with van der Waals surface area (Å²) in [5.41, 5.74) is 8.69. The van der Waals surface area contributed by atoms with Gasteiger partial charge < -0.3 is 5.73 Å². The number of hydrogen-bond acceptors (Lipinski definition) is 3. The van der Waals surface area contributed by atoms with Gasteiger partial charge in [-0.25, -0.2) is 4.39 Å². The summed E-state index contributed by atoms with van der Waals surface area (Å²) in [4.78, 5) is 0. The van der Waals surface area contributed by atoms with E-state index in [-0.39, 0.29) is 5.82 Å². The van der Waals surface area contributed by atoms with Crippen LogP contribution in [0.3, 0.4) is 0 Å². The molecule has 0 saturated carbocycles. The number of aryl methyl sites for hydroxylation is 1. The van der Waals surface area contributed by atoms with Gasteiger partial charge in [0.2, 0.25) is 0 Å². The first kappa shape index (κ1) is 10.7. The maximum atomic E-state index is 13.3. The second-order valence-corrected chi connectivity index (χ2v) is 4.17. The molecule has 3 aromatic rings. The molecular weight excluding hydrogens is 231 g/mol. The summed E-state index contributed by atoms with van der Waals surface area (Å²) in [5.74, 6) is 0.297. The summed E-state index contributed by atoms with van der Waals surface area (Å²) in [6.45, 7) is 1.90. The van der Waals surface area contributed by atoms with E-state index in [4.69, 9.17) is 5.73 Å². The van der Waals surface area contributed by atoms with Gasteiger partial charge in [0.1, 0.15) is 5.82 Å². The average molecular weight is 242 g/mol.